The summed E-state index contributed by atoms with van der Waals surface area (Å²) in [6.45, 7) is 0.408. The molecule has 6 nitrogen and oxygen atoms in total. The Labute approximate surface area is 136 Å². The Morgan fingerprint density at radius 3 is 2.54 bits per heavy atom. The number of halogens is 3. The van der Waals surface area contributed by atoms with Gasteiger partial charge < -0.3 is 15.2 Å². The highest BCUT2D eigenvalue weighted by Gasteiger charge is 2.32. The second-order valence-corrected chi connectivity index (χ2v) is 5.92. The first-order chi connectivity index (χ1) is 11.2. The van der Waals surface area contributed by atoms with Crippen LogP contribution in [0.15, 0.2) is 17.1 Å². The van der Waals surface area contributed by atoms with Crippen molar-refractivity contribution in [1.82, 2.24) is 9.88 Å². The molecule has 0 bridgehead atoms. The number of anilines is 1. The summed E-state index contributed by atoms with van der Waals surface area (Å²) in [4.78, 5) is 38.6. The Balaban J connectivity index is 2.05. The maximum atomic E-state index is 12.6. The molecule has 1 heterocycles. The van der Waals surface area contributed by atoms with E-state index in [9.17, 15) is 27.6 Å². The van der Waals surface area contributed by atoms with Crippen LogP contribution in [0.3, 0.4) is 0 Å². The molecule has 1 aliphatic rings. The monoisotopic (exact) mass is 345 g/mol. The largest absolute Gasteiger partial charge is 0.417 e. The van der Waals surface area contributed by atoms with Gasteiger partial charge in [0.05, 0.1) is 5.56 Å². The van der Waals surface area contributed by atoms with Gasteiger partial charge in [-0.05, 0) is 24.8 Å². The van der Waals surface area contributed by atoms with Crippen molar-refractivity contribution in [3.63, 3.8) is 0 Å². The Bertz CT molecular complexity index is 679. The maximum Gasteiger partial charge on any atom is 0.417 e. The quantitative estimate of drug-likeness (QED) is 0.822. The van der Waals surface area contributed by atoms with Crippen molar-refractivity contribution < 1.29 is 22.8 Å². The zero-order chi connectivity index (χ0) is 17.9. The molecule has 2 N–H and O–H groups in total. The van der Waals surface area contributed by atoms with Gasteiger partial charge in [-0.25, -0.2) is 0 Å². The SMILES string of the molecule is CN(CC1CCCC1)C(=O)C(=O)Nc1cc(C(F)(F)F)c[nH]c1=O. The molecule has 1 aromatic heterocycles. The van der Waals surface area contributed by atoms with Crippen molar-refractivity contribution in [1.29, 1.82) is 0 Å². The molecule has 0 aromatic carbocycles. The predicted molar refractivity (Wildman–Crippen MR) is 80.3 cm³/mol. The van der Waals surface area contributed by atoms with Crippen LogP contribution in [-0.2, 0) is 15.8 Å². The second kappa shape index (κ2) is 7.06. The third kappa shape index (κ3) is 4.36. The molecule has 0 aliphatic heterocycles. The van der Waals surface area contributed by atoms with E-state index in [2.05, 4.69) is 0 Å². The van der Waals surface area contributed by atoms with Crippen molar-refractivity contribution in [3.05, 3.63) is 28.2 Å². The lowest BCUT2D eigenvalue weighted by Crippen LogP contribution is -2.40. The zero-order valence-electron chi connectivity index (χ0n) is 13.1. The van der Waals surface area contributed by atoms with Crippen molar-refractivity contribution in [2.24, 2.45) is 5.92 Å². The molecule has 9 heteroatoms. The summed E-state index contributed by atoms with van der Waals surface area (Å²) in [7, 11) is 1.45. The first kappa shape index (κ1) is 18.0. The standard InChI is InChI=1S/C15H18F3N3O3/c1-21(8-9-4-2-3-5-9)14(24)13(23)20-11-6-10(15(16,17)18)7-19-12(11)22/h6-7,9H,2-5,8H2,1H3,(H,19,22)(H,20,23). The van der Waals surface area contributed by atoms with Gasteiger partial charge in [0.15, 0.2) is 0 Å². The summed E-state index contributed by atoms with van der Waals surface area (Å²) in [6, 6.07) is 0.501. The van der Waals surface area contributed by atoms with Crippen LogP contribution in [0.4, 0.5) is 18.9 Å². The molecule has 1 saturated carbocycles. The molecule has 2 amide bonds. The van der Waals surface area contributed by atoms with Crippen molar-refractivity contribution >= 4 is 17.5 Å². The van der Waals surface area contributed by atoms with E-state index >= 15 is 0 Å². The number of nitrogens with one attached hydrogen (secondary N) is 2. The average molecular weight is 345 g/mol. The Kier molecular flexibility index (Phi) is 5.30. The molecule has 0 atom stereocenters. The van der Waals surface area contributed by atoms with Gasteiger partial charge in [0, 0.05) is 19.8 Å². The lowest BCUT2D eigenvalue weighted by molar-refractivity contribution is -0.142. The summed E-state index contributed by atoms with van der Waals surface area (Å²) in [5.41, 5.74) is -2.65. The number of H-pyrrole nitrogens is 1. The van der Waals surface area contributed by atoms with Crippen molar-refractivity contribution in [2.75, 3.05) is 18.9 Å². The first-order valence-corrected chi connectivity index (χ1v) is 7.55. The minimum Gasteiger partial charge on any atom is -0.337 e. The van der Waals surface area contributed by atoms with Crippen LogP contribution in [0.1, 0.15) is 31.2 Å². The topological polar surface area (TPSA) is 82.3 Å². The molecular weight excluding hydrogens is 327 g/mol. The molecule has 2 rings (SSSR count). The van der Waals surface area contributed by atoms with E-state index in [1.54, 1.807) is 0 Å². The number of likely N-dealkylation sites (N-methyl/N-ethyl adjacent to an activating group) is 1. The van der Waals surface area contributed by atoms with Gasteiger partial charge in [0.25, 0.3) is 5.56 Å². The highest BCUT2D eigenvalue weighted by Crippen LogP contribution is 2.29. The molecule has 132 valence electrons. The smallest absolute Gasteiger partial charge is 0.337 e. The number of carbonyl (C=O) groups is 2. The Morgan fingerprint density at radius 1 is 1.33 bits per heavy atom. The summed E-state index contributed by atoms with van der Waals surface area (Å²) < 4.78 is 37.9. The number of aromatic nitrogens is 1. The average Bonchev–Trinajstić information content (AvgIpc) is 3.00. The van der Waals surface area contributed by atoms with Crippen molar-refractivity contribution in [2.45, 2.75) is 31.9 Å². The van der Waals surface area contributed by atoms with Gasteiger partial charge in [-0.2, -0.15) is 13.2 Å². The molecule has 24 heavy (non-hydrogen) atoms. The Morgan fingerprint density at radius 2 is 1.96 bits per heavy atom. The number of pyridine rings is 1. The highest BCUT2D eigenvalue weighted by atomic mass is 19.4. The number of rotatable bonds is 3. The van der Waals surface area contributed by atoms with Gasteiger partial charge in [-0.15, -0.1) is 0 Å². The summed E-state index contributed by atoms with van der Waals surface area (Å²) >= 11 is 0. The zero-order valence-corrected chi connectivity index (χ0v) is 13.1. The number of alkyl halides is 3. The summed E-state index contributed by atoms with van der Waals surface area (Å²) in [5.74, 6) is -1.71. The van der Waals surface area contributed by atoms with Gasteiger partial charge >= 0.3 is 18.0 Å². The molecule has 0 radical (unpaired) electrons. The van der Waals surface area contributed by atoms with Crippen LogP contribution < -0.4 is 10.9 Å². The minimum absolute atomic E-state index is 0.323. The van der Waals surface area contributed by atoms with Gasteiger partial charge in [-0.3, -0.25) is 14.4 Å². The predicted octanol–water partition coefficient (Wildman–Crippen LogP) is 1.98. The van der Waals surface area contributed by atoms with Crippen LogP contribution in [0.2, 0.25) is 0 Å². The molecule has 1 aromatic rings. The molecule has 1 fully saturated rings. The van der Waals surface area contributed by atoms with Gasteiger partial charge in [0.2, 0.25) is 0 Å². The van der Waals surface area contributed by atoms with Gasteiger partial charge in [-0.1, -0.05) is 12.8 Å². The fourth-order valence-corrected chi connectivity index (χ4v) is 2.75. The van der Waals surface area contributed by atoms with E-state index in [1.807, 2.05) is 10.3 Å². The fourth-order valence-electron chi connectivity index (χ4n) is 2.75. The first-order valence-electron chi connectivity index (χ1n) is 7.55. The number of carbonyl (C=O) groups excluding carboxylic acids is 2. The fraction of sp³-hybridized carbons (Fsp3) is 0.533. The molecule has 0 spiro atoms. The summed E-state index contributed by atoms with van der Waals surface area (Å²) in [5, 5.41) is 1.95. The third-order valence-corrected chi connectivity index (χ3v) is 4.03. The number of nitrogens with zero attached hydrogens (tertiary/aromatic N) is 1. The van der Waals surface area contributed by atoms with E-state index in [0.29, 0.717) is 24.7 Å². The van der Waals surface area contributed by atoms with Gasteiger partial charge in [0.1, 0.15) is 5.69 Å². The minimum atomic E-state index is -4.67. The van der Waals surface area contributed by atoms with Crippen LogP contribution in [0.25, 0.3) is 0 Å². The van der Waals surface area contributed by atoms with E-state index in [4.69, 9.17) is 0 Å². The van der Waals surface area contributed by atoms with E-state index in [-0.39, 0.29) is 0 Å². The Hall–Kier alpha value is -2.32. The maximum absolute atomic E-state index is 12.6. The lowest BCUT2D eigenvalue weighted by atomic mass is 10.1. The third-order valence-electron chi connectivity index (χ3n) is 4.03. The van der Waals surface area contributed by atoms with E-state index in [0.717, 1.165) is 25.7 Å². The number of hydrogen-bond acceptors (Lipinski definition) is 3. The highest BCUT2D eigenvalue weighted by molar-refractivity contribution is 6.39. The van der Waals surface area contributed by atoms with Crippen LogP contribution in [0, 0.1) is 5.92 Å². The number of aromatic amines is 1. The van der Waals surface area contributed by atoms with Crippen LogP contribution >= 0.6 is 0 Å². The van der Waals surface area contributed by atoms with Crippen molar-refractivity contribution in [3.8, 4) is 0 Å². The number of amides is 2. The normalized spacial score (nSPS) is 15.3. The summed E-state index contributed by atoms with van der Waals surface area (Å²) in [6.07, 6.45) is -0.0466. The second-order valence-electron chi connectivity index (χ2n) is 5.92. The molecular formula is C15H18F3N3O3. The van der Waals surface area contributed by atoms with E-state index in [1.165, 1.54) is 11.9 Å². The number of hydrogen-bond donors (Lipinski definition) is 2. The van der Waals surface area contributed by atoms with E-state index < -0.39 is 34.8 Å². The van der Waals surface area contributed by atoms with Crippen LogP contribution in [-0.4, -0.2) is 35.3 Å². The molecule has 1 aliphatic carbocycles. The molecule has 0 saturated heterocycles. The lowest BCUT2D eigenvalue weighted by Gasteiger charge is -2.20. The molecule has 0 unspecified atom stereocenters. The van der Waals surface area contributed by atoms with Crippen LogP contribution in [0.5, 0.6) is 0 Å².